The van der Waals surface area contributed by atoms with Gasteiger partial charge in [-0.3, -0.25) is 0 Å². The van der Waals surface area contributed by atoms with Crippen molar-refractivity contribution < 1.29 is 10.2 Å². The zero-order chi connectivity index (χ0) is 22.1. The molecule has 0 fully saturated rings. The highest BCUT2D eigenvalue weighted by Gasteiger charge is 2.16. The molecule has 0 unspecified atom stereocenters. The van der Waals surface area contributed by atoms with Crippen molar-refractivity contribution in [2.75, 3.05) is 0 Å². The quantitative estimate of drug-likeness (QED) is 0.327. The lowest BCUT2D eigenvalue weighted by Crippen LogP contribution is -1.98. The maximum atomic E-state index is 10.5. The van der Waals surface area contributed by atoms with Gasteiger partial charge >= 0.3 is 0 Å². The topological polar surface area (TPSA) is 66.2 Å². The Morgan fingerprint density at radius 2 is 1.23 bits per heavy atom. The van der Waals surface area contributed by atoms with E-state index in [0.717, 1.165) is 48.8 Å². The molecule has 31 heavy (non-hydrogen) atoms. The van der Waals surface area contributed by atoms with Crippen molar-refractivity contribution in [2.24, 2.45) is 0 Å². The molecule has 0 aliphatic rings. The molecule has 2 N–H and O–H groups in total. The molecule has 0 bridgehead atoms. The number of aromatic hydroxyl groups is 2. The number of rotatable bonds is 11. The summed E-state index contributed by atoms with van der Waals surface area (Å²) in [7, 11) is 0. The van der Waals surface area contributed by atoms with Gasteiger partial charge in [0, 0.05) is 5.56 Å². The standard InChI is InChI=1S/C27H34N2O2/c1-3-5-7-9-15-24-26(30)28-25(29-27(24)31)23-14-11-10-13-22(23)21-18-16-20(17-19-21)12-8-6-4-2/h10-11,13-14,16-19H,3-9,12,15H2,1-2H3,(H2,28,29,30,31). The van der Waals surface area contributed by atoms with Gasteiger partial charge in [0.25, 0.3) is 0 Å². The van der Waals surface area contributed by atoms with Crippen molar-refractivity contribution in [2.45, 2.75) is 71.6 Å². The van der Waals surface area contributed by atoms with Gasteiger partial charge in [-0.15, -0.1) is 0 Å². The van der Waals surface area contributed by atoms with E-state index in [1.54, 1.807) is 0 Å². The van der Waals surface area contributed by atoms with Gasteiger partial charge in [-0.05, 0) is 42.4 Å². The van der Waals surface area contributed by atoms with Crippen molar-refractivity contribution in [1.29, 1.82) is 0 Å². The minimum atomic E-state index is -0.125. The number of hydrogen-bond donors (Lipinski definition) is 2. The van der Waals surface area contributed by atoms with Crippen LogP contribution in [-0.4, -0.2) is 20.2 Å². The summed E-state index contributed by atoms with van der Waals surface area (Å²) >= 11 is 0. The van der Waals surface area contributed by atoms with Crippen molar-refractivity contribution >= 4 is 0 Å². The normalized spacial score (nSPS) is 11.0. The number of unbranched alkanes of at least 4 members (excludes halogenated alkanes) is 5. The molecule has 4 nitrogen and oxygen atoms in total. The van der Waals surface area contributed by atoms with Crippen LogP contribution in [0.2, 0.25) is 0 Å². The van der Waals surface area contributed by atoms with E-state index in [1.807, 2.05) is 24.3 Å². The minimum absolute atomic E-state index is 0.125. The Balaban J connectivity index is 1.84. The number of nitrogens with zero attached hydrogens (tertiary/aromatic N) is 2. The minimum Gasteiger partial charge on any atom is -0.493 e. The van der Waals surface area contributed by atoms with Crippen LogP contribution in [0.15, 0.2) is 48.5 Å². The Morgan fingerprint density at radius 1 is 0.645 bits per heavy atom. The third-order valence-corrected chi connectivity index (χ3v) is 5.75. The van der Waals surface area contributed by atoms with Crippen LogP contribution in [0.25, 0.3) is 22.5 Å². The summed E-state index contributed by atoms with van der Waals surface area (Å²) in [6.45, 7) is 4.38. The third kappa shape index (κ3) is 6.06. The van der Waals surface area contributed by atoms with Crippen molar-refractivity contribution in [3.05, 3.63) is 59.7 Å². The second-order valence-corrected chi connectivity index (χ2v) is 8.18. The predicted molar refractivity (Wildman–Crippen MR) is 127 cm³/mol. The molecule has 1 heterocycles. The molecule has 4 heteroatoms. The summed E-state index contributed by atoms with van der Waals surface area (Å²) in [5.74, 6) is 0.0927. The zero-order valence-corrected chi connectivity index (χ0v) is 18.8. The van der Waals surface area contributed by atoms with E-state index in [1.165, 1.54) is 24.8 Å². The fourth-order valence-electron chi connectivity index (χ4n) is 3.89. The summed E-state index contributed by atoms with van der Waals surface area (Å²) in [5.41, 5.74) is 4.63. The second-order valence-electron chi connectivity index (χ2n) is 8.18. The van der Waals surface area contributed by atoms with Crippen LogP contribution < -0.4 is 0 Å². The Hall–Kier alpha value is -2.88. The monoisotopic (exact) mass is 418 g/mol. The van der Waals surface area contributed by atoms with Gasteiger partial charge in [0.1, 0.15) is 0 Å². The molecule has 0 aliphatic heterocycles. The van der Waals surface area contributed by atoms with E-state index in [2.05, 4.69) is 48.1 Å². The molecule has 164 valence electrons. The van der Waals surface area contributed by atoms with E-state index >= 15 is 0 Å². The molecule has 0 atom stereocenters. The van der Waals surface area contributed by atoms with E-state index < -0.39 is 0 Å². The highest BCUT2D eigenvalue weighted by molar-refractivity contribution is 5.81. The van der Waals surface area contributed by atoms with Crippen molar-refractivity contribution in [3.8, 4) is 34.3 Å². The van der Waals surface area contributed by atoms with Gasteiger partial charge in [0.15, 0.2) is 5.82 Å². The van der Waals surface area contributed by atoms with Crippen LogP contribution in [0.1, 0.15) is 69.9 Å². The van der Waals surface area contributed by atoms with Crippen molar-refractivity contribution in [1.82, 2.24) is 9.97 Å². The molecule has 1 aromatic heterocycles. The molecule has 3 rings (SSSR count). The first kappa shape index (κ1) is 22.8. The van der Waals surface area contributed by atoms with Crippen LogP contribution >= 0.6 is 0 Å². The van der Waals surface area contributed by atoms with E-state index in [4.69, 9.17) is 0 Å². The van der Waals surface area contributed by atoms with Crippen LogP contribution in [0.4, 0.5) is 0 Å². The summed E-state index contributed by atoms with van der Waals surface area (Å²) in [5, 5.41) is 21.0. The zero-order valence-electron chi connectivity index (χ0n) is 18.8. The number of aromatic nitrogens is 2. The van der Waals surface area contributed by atoms with E-state index in [9.17, 15) is 10.2 Å². The number of hydrogen-bond acceptors (Lipinski definition) is 4. The molecule has 0 amide bonds. The lowest BCUT2D eigenvalue weighted by molar-refractivity contribution is 0.408. The van der Waals surface area contributed by atoms with Gasteiger partial charge < -0.3 is 10.2 Å². The molecule has 0 spiro atoms. The Morgan fingerprint density at radius 3 is 1.87 bits per heavy atom. The van der Waals surface area contributed by atoms with E-state index in [-0.39, 0.29) is 11.8 Å². The fourth-order valence-corrected chi connectivity index (χ4v) is 3.89. The lowest BCUT2D eigenvalue weighted by Gasteiger charge is -2.12. The number of aryl methyl sites for hydroxylation is 1. The average molecular weight is 419 g/mol. The van der Waals surface area contributed by atoms with Gasteiger partial charge in [-0.2, -0.15) is 9.97 Å². The SMILES string of the molecule is CCCCCCc1c(O)nc(-c2ccccc2-c2ccc(CCCCC)cc2)nc1O. The molecular weight excluding hydrogens is 384 g/mol. The molecular formula is C27H34N2O2. The largest absolute Gasteiger partial charge is 0.493 e. The molecule has 0 radical (unpaired) electrons. The van der Waals surface area contributed by atoms with Crippen LogP contribution in [0.5, 0.6) is 11.8 Å². The highest BCUT2D eigenvalue weighted by atomic mass is 16.3. The molecule has 3 aromatic rings. The highest BCUT2D eigenvalue weighted by Crippen LogP contribution is 2.34. The molecule has 0 saturated heterocycles. The Labute approximate surface area is 186 Å². The van der Waals surface area contributed by atoms with Crippen LogP contribution in [-0.2, 0) is 12.8 Å². The van der Waals surface area contributed by atoms with E-state index in [0.29, 0.717) is 17.8 Å². The first-order valence-corrected chi connectivity index (χ1v) is 11.6. The average Bonchev–Trinajstić information content (AvgIpc) is 2.79. The van der Waals surface area contributed by atoms with Gasteiger partial charge in [0.2, 0.25) is 11.8 Å². The lowest BCUT2D eigenvalue weighted by atomic mass is 9.97. The smallest absolute Gasteiger partial charge is 0.221 e. The number of benzene rings is 2. The molecule has 2 aromatic carbocycles. The first-order chi connectivity index (χ1) is 15.1. The maximum absolute atomic E-state index is 10.5. The molecule has 0 saturated carbocycles. The Kier molecular flexibility index (Phi) is 8.45. The van der Waals surface area contributed by atoms with Gasteiger partial charge in [0.05, 0.1) is 5.56 Å². The Bertz CT molecular complexity index is 944. The second kappa shape index (κ2) is 11.5. The molecule has 0 aliphatic carbocycles. The summed E-state index contributed by atoms with van der Waals surface area (Å²) < 4.78 is 0. The third-order valence-electron chi connectivity index (χ3n) is 5.75. The van der Waals surface area contributed by atoms with Crippen LogP contribution in [0, 0.1) is 0 Å². The summed E-state index contributed by atoms with van der Waals surface area (Å²) in [6, 6.07) is 16.5. The van der Waals surface area contributed by atoms with Crippen LogP contribution in [0.3, 0.4) is 0 Å². The fraction of sp³-hybridized carbons (Fsp3) is 0.407. The van der Waals surface area contributed by atoms with Gasteiger partial charge in [-0.25, -0.2) is 0 Å². The summed E-state index contributed by atoms with van der Waals surface area (Å²) in [4.78, 5) is 8.68. The van der Waals surface area contributed by atoms with Crippen molar-refractivity contribution in [3.63, 3.8) is 0 Å². The maximum Gasteiger partial charge on any atom is 0.221 e. The van der Waals surface area contributed by atoms with Gasteiger partial charge in [-0.1, -0.05) is 94.5 Å². The summed E-state index contributed by atoms with van der Waals surface area (Å²) in [6.07, 6.45) is 9.62. The predicted octanol–water partition coefficient (Wildman–Crippen LogP) is 7.08. The first-order valence-electron chi connectivity index (χ1n) is 11.6.